The number of nitrogens with one attached hydrogen (secondary N) is 2. The lowest BCUT2D eigenvalue weighted by Crippen LogP contribution is -2.51. The molecule has 0 aliphatic carbocycles. The number of piperidine rings is 1. The Bertz CT molecular complexity index is 257. The van der Waals surface area contributed by atoms with Crippen molar-refractivity contribution in [1.82, 2.24) is 15.5 Å². The first-order chi connectivity index (χ1) is 8.56. The molecule has 3 atom stereocenters. The predicted octanol–water partition coefficient (Wildman–Crippen LogP) is 1.22. The largest absolute Gasteiger partial charge is 0.353 e. The Kier molecular flexibility index (Phi) is 6.65. The highest BCUT2D eigenvalue weighted by Crippen LogP contribution is 2.16. The van der Waals surface area contributed by atoms with Crippen molar-refractivity contribution in [2.75, 3.05) is 26.2 Å². The van der Waals surface area contributed by atoms with Crippen LogP contribution in [0.3, 0.4) is 0 Å². The van der Waals surface area contributed by atoms with Crippen LogP contribution in [-0.2, 0) is 4.79 Å². The van der Waals surface area contributed by atoms with Gasteiger partial charge in [-0.1, -0.05) is 20.8 Å². The van der Waals surface area contributed by atoms with Gasteiger partial charge in [0.25, 0.3) is 0 Å². The molecule has 18 heavy (non-hydrogen) atoms. The number of hydrogen-bond acceptors (Lipinski definition) is 3. The van der Waals surface area contributed by atoms with Gasteiger partial charge in [-0.3, -0.25) is 9.69 Å². The quantitative estimate of drug-likeness (QED) is 0.750. The summed E-state index contributed by atoms with van der Waals surface area (Å²) in [7, 11) is 0. The molecule has 1 heterocycles. The average molecular weight is 255 g/mol. The Morgan fingerprint density at radius 3 is 2.72 bits per heavy atom. The second-order valence-electron chi connectivity index (χ2n) is 5.54. The molecule has 1 amide bonds. The molecule has 0 aromatic carbocycles. The van der Waals surface area contributed by atoms with Crippen molar-refractivity contribution in [2.24, 2.45) is 5.92 Å². The van der Waals surface area contributed by atoms with Gasteiger partial charge in [0.05, 0.1) is 6.54 Å². The van der Waals surface area contributed by atoms with E-state index in [9.17, 15) is 4.79 Å². The first kappa shape index (κ1) is 15.4. The smallest absolute Gasteiger partial charge is 0.234 e. The Balaban J connectivity index is 2.31. The highest BCUT2D eigenvalue weighted by atomic mass is 16.2. The predicted molar refractivity (Wildman–Crippen MR) is 75.6 cm³/mol. The number of hydrogen-bond donors (Lipinski definition) is 2. The zero-order valence-electron chi connectivity index (χ0n) is 12.3. The van der Waals surface area contributed by atoms with Crippen LogP contribution in [0.25, 0.3) is 0 Å². The molecule has 1 aliphatic heterocycles. The van der Waals surface area contributed by atoms with Crippen molar-refractivity contribution in [2.45, 2.75) is 52.6 Å². The third-order valence-corrected chi connectivity index (χ3v) is 3.84. The van der Waals surface area contributed by atoms with Gasteiger partial charge in [0, 0.05) is 25.2 Å². The van der Waals surface area contributed by atoms with Crippen molar-refractivity contribution in [1.29, 1.82) is 0 Å². The van der Waals surface area contributed by atoms with Gasteiger partial charge in [0.15, 0.2) is 0 Å². The molecule has 1 rings (SSSR count). The number of likely N-dealkylation sites (tertiary alicyclic amines) is 1. The van der Waals surface area contributed by atoms with Crippen LogP contribution in [0.2, 0.25) is 0 Å². The topological polar surface area (TPSA) is 44.4 Å². The molecule has 106 valence electrons. The lowest BCUT2D eigenvalue weighted by Gasteiger charge is -2.37. The second kappa shape index (κ2) is 7.74. The third-order valence-electron chi connectivity index (χ3n) is 3.84. The molecule has 0 aromatic heterocycles. The van der Waals surface area contributed by atoms with Gasteiger partial charge in [-0.25, -0.2) is 0 Å². The fourth-order valence-electron chi connectivity index (χ4n) is 2.57. The van der Waals surface area contributed by atoms with Gasteiger partial charge in [0.2, 0.25) is 5.91 Å². The minimum atomic E-state index is 0.165. The Morgan fingerprint density at radius 1 is 1.44 bits per heavy atom. The Morgan fingerprint density at radius 2 is 2.17 bits per heavy atom. The highest BCUT2D eigenvalue weighted by Gasteiger charge is 2.26. The summed E-state index contributed by atoms with van der Waals surface area (Å²) in [5, 5.41) is 6.55. The maximum absolute atomic E-state index is 11.8. The van der Waals surface area contributed by atoms with Gasteiger partial charge < -0.3 is 10.6 Å². The van der Waals surface area contributed by atoms with E-state index in [-0.39, 0.29) is 11.9 Å². The monoisotopic (exact) mass is 255 g/mol. The van der Waals surface area contributed by atoms with E-state index < -0.39 is 0 Å². The summed E-state index contributed by atoms with van der Waals surface area (Å²) < 4.78 is 0. The molecule has 3 unspecified atom stereocenters. The molecule has 1 saturated heterocycles. The maximum atomic E-state index is 11.8. The van der Waals surface area contributed by atoms with E-state index in [0.717, 1.165) is 32.5 Å². The molecular weight excluding hydrogens is 226 g/mol. The fourth-order valence-corrected chi connectivity index (χ4v) is 2.57. The number of nitrogens with zero attached hydrogens (tertiary/aromatic N) is 1. The van der Waals surface area contributed by atoms with Gasteiger partial charge in [-0.05, 0) is 32.2 Å². The minimum absolute atomic E-state index is 0.165. The molecule has 4 heteroatoms. The van der Waals surface area contributed by atoms with Crippen LogP contribution in [0.5, 0.6) is 0 Å². The fraction of sp³-hybridized carbons (Fsp3) is 0.929. The second-order valence-corrected chi connectivity index (χ2v) is 5.54. The number of rotatable bonds is 6. The van der Waals surface area contributed by atoms with Gasteiger partial charge in [-0.15, -0.1) is 0 Å². The third kappa shape index (κ3) is 4.94. The van der Waals surface area contributed by atoms with Gasteiger partial charge >= 0.3 is 0 Å². The zero-order valence-corrected chi connectivity index (χ0v) is 12.3. The van der Waals surface area contributed by atoms with E-state index in [0.29, 0.717) is 18.5 Å². The standard InChI is InChI=1S/C14H29N3O/c1-5-12(4)16-14(18)10-17-8-7-13(15-6-2)11(3)9-17/h11-13,15H,5-10H2,1-4H3,(H,16,18). The summed E-state index contributed by atoms with van der Waals surface area (Å²) in [6.07, 6.45) is 2.14. The summed E-state index contributed by atoms with van der Waals surface area (Å²) >= 11 is 0. The van der Waals surface area contributed by atoms with Crippen LogP contribution in [0, 0.1) is 5.92 Å². The number of carbonyl (C=O) groups is 1. The Labute approximate surface area is 111 Å². The zero-order chi connectivity index (χ0) is 13.5. The van der Waals surface area contributed by atoms with E-state index in [1.165, 1.54) is 0 Å². The SMILES string of the molecule is CCNC1CCN(CC(=O)NC(C)CC)CC1C. The summed E-state index contributed by atoms with van der Waals surface area (Å²) in [5.41, 5.74) is 0. The van der Waals surface area contributed by atoms with Crippen LogP contribution in [0.1, 0.15) is 40.5 Å². The van der Waals surface area contributed by atoms with E-state index in [1.54, 1.807) is 0 Å². The minimum Gasteiger partial charge on any atom is -0.353 e. The van der Waals surface area contributed by atoms with Crippen LogP contribution < -0.4 is 10.6 Å². The molecule has 0 aromatic rings. The molecule has 0 bridgehead atoms. The lowest BCUT2D eigenvalue weighted by atomic mass is 9.94. The number of amides is 1. The average Bonchev–Trinajstić information content (AvgIpc) is 2.32. The molecule has 1 fully saturated rings. The van der Waals surface area contributed by atoms with E-state index in [2.05, 4.69) is 43.2 Å². The van der Waals surface area contributed by atoms with Crippen molar-refractivity contribution in [3.05, 3.63) is 0 Å². The summed E-state index contributed by atoms with van der Waals surface area (Å²) in [4.78, 5) is 14.1. The molecular formula is C14H29N3O. The van der Waals surface area contributed by atoms with Gasteiger partial charge in [-0.2, -0.15) is 0 Å². The van der Waals surface area contributed by atoms with Crippen LogP contribution in [-0.4, -0.2) is 49.1 Å². The van der Waals surface area contributed by atoms with Crippen molar-refractivity contribution >= 4 is 5.91 Å². The molecule has 4 nitrogen and oxygen atoms in total. The van der Waals surface area contributed by atoms with Crippen LogP contribution >= 0.6 is 0 Å². The molecule has 1 aliphatic rings. The van der Waals surface area contributed by atoms with E-state index in [1.807, 2.05) is 0 Å². The highest BCUT2D eigenvalue weighted by molar-refractivity contribution is 5.78. The molecule has 0 saturated carbocycles. The van der Waals surface area contributed by atoms with Crippen LogP contribution in [0.4, 0.5) is 0 Å². The summed E-state index contributed by atoms with van der Waals surface area (Å²) in [6, 6.07) is 0.901. The van der Waals surface area contributed by atoms with Crippen molar-refractivity contribution in [3.8, 4) is 0 Å². The van der Waals surface area contributed by atoms with Crippen LogP contribution in [0.15, 0.2) is 0 Å². The normalized spacial score (nSPS) is 26.9. The Hall–Kier alpha value is -0.610. The first-order valence-electron chi connectivity index (χ1n) is 7.31. The molecule has 0 spiro atoms. The number of carbonyl (C=O) groups excluding carboxylic acids is 1. The first-order valence-corrected chi connectivity index (χ1v) is 7.31. The van der Waals surface area contributed by atoms with Crippen molar-refractivity contribution in [3.63, 3.8) is 0 Å². The summed E-state index contributed by atoms with van der Waals surface area (Å²) in [5.74, 6) is 0.786. The molecule has 0 radical (unpaired) electrons. The summed E-state index contributed by atoms with van der Waals surface area (Å²) in [6.45, 7) is 12.2. The van der Waals surface area contributed by atoms with E-state index >= 15 is 0 Å². The van der Waals surface area contributed by atoms with Gasteiger partial charge in [0.1, 0.15) is 0 Å². The lowest BCUT2D eigenvalue weighted by molar-refractivity contribution is -0.123. The van der Waals surface area contributed by atoms with E-state index in [4.69, 9.17) is 0 Å². The molecule has 2 N–H and O–H groups in total. The maximum Gasteiger partial charge on any atom is 0.234 e. The van der Waals surface area contributed by atoms with Crippen molar-refractivity contribution < 1.29 is 4.79 Å².